The second kappa shape index (κ2) is 12.3. The number of hydrogen-bond acceptors (Lipinski definition) is 6. The van der Waals surface area contributed by atoms with E-state index in [1.165, 1.54) is 30.2 Å². The average molecular weight is 545 g/mol. The number of benzene rings is 3. The summed E-state index contributed by atoms with van der Waals surface area (Å²) in [7, 11) is -0.641. The summed E-state index contributed by atoms with van der Waals surface area (Å²) >= 11 is 6.12. The lowest BCUT2D eigenvalue weighted by molar-refractivity contribution is 0.00771. The average Bonchev–Trinajstić information content (AvgIpc) is 2.91. The molecule has 0 saturated carbocycles. The zero-order valence-corrected chi connectivity index (χ0v) is 23.0. The van der Waals surface area contributed by atoms with Crippen LogP contribution in [0.25, 0.3) is 0 Å². The maximum absolute atomic E-state index is 13.3. The monoisotopic (exact) mass is 544 g/mol. The molecule has 0 aliphatic carbocycles. The molecule has 7 nitrogen and oxygen atoms in total. The summed E-state index contributed by atoms with van der Waals surface area (Å²) in [5.41, 5.74) is 3.35. The number of nitrogens with zero attached hydrogens (tertiary/aromatic N) is 2. The number of piperazine rings is 1. The minimum Gasteiger partial charge on any atom is -0.493 e. The number of sulfonamides is 1. The highest BCUT2D eigenvalue weighted by Crippen LogP contribution is 2.31. The third-order valence-electron chi connectivity index (χ3n) is 6.52. The van der Waals surface area contributed by atoms with Gasteiger partial charge in [0, 0.05) is 43.8 Å². The van der Waals surface area contributed by atoms with Gasteiger partial charge in [0.25, 0.3) is 0 Å². The molecule has 0 unspecified atom stereocenters. The van der Waals surface area contributed by atoms with E-state index >= 15 is 0 Å². The lowest BCUT2D eigenvalue weighted by atomic mass is 10.1. The van der Waals surface area contributed by atoms with E-state index in [-0.39, 0.29) is 11.0 Å². The number of hydrogen-bond donors (Lipinski definition) is 0. The first kappa shape index (κ1) is 27.4. The van der Waals surface area contributed by atoms with E-state index in [0.29, 0.717) is 55.9 Å². The molecule has 1 atom stereocenters. The third kappa shape index (κ3) is 6.83. The van der Waals surface area contributed by atoms with Crippen LogP contribution in [0.4, 0.5) is 0 Å². The summed E-state index contributed by atoms with van der Waals surface area (Å²) in [6.45, 7) is 5.19. The molecule has 0 N–H and O–H groups in total. The van der Waals surface area contributed by atoms with Gasteiger partial charge in [-0.3, -0.25) is 4.90 Å². The van der Waals surface area contributed by atoms with E-state index in [4.69, 9.17) is 25.8 Å². The zero-order valence-electron chi connectivity index (χ0n) is 21.4. The Hall–Kier alpha value is -2.62. The Morgan fingerprint density at radius 3 is 2.24 bits per heavy atom. The smallest absolute Gasteiger partial charge is 0.243 e. The molecule has 0 bridgehead atoms. The fourth-order valence-corrected chi connectivity index (χ4v) is 6.01. The predicted octanol–water partition coefficient (Wildman–Crippen LogP) is 4.93. The molecule has 0 aromatic heterocycles. The van der Waals surface area contributed by atoms with Crippen molar-refractivity contribution < 1.29 is 22.6 Å². The van der Waals surface area contributed by atoms with E-state index in [1.54, 1.807) is 12.1 Å². The van der Waals surface area contributed by atoms with Crippen molar-refractivity contribution >= 4 is 21.6 Å². The molecular weight excluding hydrogens is 512 g/mol. The highest BCUT2D eigenvalue weighted by atomic mass is 35.5. The van der Waals surface area contributed by atoms with Crippen LogP contribution in [0.2, 0.25) is 5.02 Å². The van der Waals surface area contributed by atoms with Crippen LogP contribution in [0.15, 0.2) is 71.6 Å². The van der Waals surface area contributed by atoms with E-state index in [1.807, 2.05) is 30.3 Å². The van der Waals surface area contributed by atoms with Crippen LogP contribution >= 0.6 is 11.6 Å². The normalized spacial score (nSPS) is 15.9. The van der Waals surface area contributed by atoms with Gasteiger partial charge in [-0.2, -0.15) is 4.31 Å². The van der Waals surface area contributed by atoms with Gasteiger partial charge in [0.2, 0.25) is 10.0 Å². The van der Waals surface area contributed by atoms with Crippen molar-refractivity contribution in [2.45, 2.75) is 24.5 Å². The zero-order chi connectivity index (χ0) is 26.4. The highest BCUT2D eigenvalue weighted by molar-refractivity contribution is 7.89. The first-order chi connectivity index (χ1) is 17.8. The topological polar surface area (TPSA) is 68.3 Å². The number of rotatable bonds is 10. The Bertz CT molecular complexity index is 1290. The molecule has 1 heterocycles. The Balaban J connectivity index is 1.43. The first-order valence-corrected chi connectivity index (χ1v) is 14.0. The van der Waals surface area contributed by atoms with Crippen molar-refractivity contribution in [2.75, 3.05) is 46.9 Å². The Morgan fingerprint density at radius 2 is 1.59 bits per heavy atom. The molecule has 3 aromatic rings. The van der Waals surface area contributed by atoms with Crippen molar-refractivity contribution in [3.8, 4) is 11.5 Å². The number of ether oxygens (including phenoxy) is 3. The molecule has 0 radical (unpaired) electrons. The largest absolute Gasteiger partial charge is 0.493 e. The summed E-state index contributed by atoms with van der Waals surface area (Å²) in [5, 5.41) is 0.676. The first-order valence-electron chi connectivity index (χ1n) is 12.2. The van der Waals surface area contributed by atoms with E-state index < -0.39 is 10.0 Å². The maximum Gasteiger partial charge on any atom is 0.243 e. The van der Waals surface area contributed by atoms with Gasteiger partial charge >= 0.3 is 0 Å². The maximum atomic E-state index is 13.3. The van der Waals surface area contributed by atoms with E-state index in [2.05, 4.69) is 30.0 Å². The van der Waals surface area contributed by atoms with Gasteiger partial charge in [0.05, 0.1) is 31.8 Å². The van der Waals surface area contributed by atoms with Crippen LogP contribution < -0.4 is 9.47 Å². The van der Waals surface area contributed by atoms with Gasteiger partial charge in [-0.05, 0) is 42.3 Å². The van der Waals surface area contributed by atoms with Gasteiger partial charge in [0.15, 0.2) is 11.5 Å². The van der Waals surface area contributed by atoms with Gasteiger partial charge in [-0.15, -0.1) is 0 Å². The summed E-state index contributed by atoms with van der Waals surface area (Å²) in [6.07, 6.45) is -0.174. The quantitative estimate of drug-likeness (QED) is 0.360. The molecule has 1 aliphatic rings. The summed E-state index contributed by atoms with van der Waals surface area (Å²) < 4.78 is 45.0. The Morgan fingerprint density at radius 1 is 0.892 bits per heavy atom. The number of halogens is 1. The van der Waals surface area contributed by atoms with Gasteiger partial charge in [-0.1, -0.05) is 53.6 Å². The number of methoxy groups -OCH3 is 2. The van der Waals surface area contributed by atoms with Crippen molar-refractivity contribution in [2.24, 2.45) is 0 Å². The molecule has 1 saturated heterocycles. The fourth-order valence-electron chi connectivity index (χ4n) is 4.44. The van der Waals surface area contributed by atoms with Gasteiger partial charge < -0.3 is 14.2 Å². The minimum atomic E-state index is -3.65. The highest BCUT2D eigenvalue weighted by Gasteiger charge is 2.30. The molecule has 0 amide bonds. The summed E-state index contributed by atoms with van der Waals surface area (Å²) in [4.78, 5) is 2.44. The second-order valence-corrected chi connectivity index (χ2v) is 11.4. The van der Waals surface area contributed by atoms with Crippen LogP contribution in [0, 0.1) is 6.92 Å². The molecule has 3 aromatic carbocycles. The van der Waals surface area contributed by atoms with Crippen LogP contribution in [0.3, 0.4) is 0 Å². The fraction of sp³-hybridized carbons (Fsp3) is 0.357. The van der Waals surface area contributed by atoms with Gasteiger partial charge in [-0.25, -0.2) is 8.42 Å². The van der Waals surface area contributed by atoms with Crippen molar-refractivity contribution in [1.82, 2.24) is 9.21 Å². The predicted molar refractivity (Wildman–Crippen MR) is 145 cm³/mol. The van der Waals surface area contributed by atoms with Crippen molar-refractivity contribution in [3.63, 3.8) is 0 Å². The molecule has 0 spiro atoms. The molecule has 1 fully saturated rings. The lowest BCUT2D eigenvalue weighted by Crippen LogP contribution is -2.49. The molecule has 37 heavy (non-hydrogen) atoms. The van der Waals surface area contributed by atoms with Gasteiger partial charge in [0.1, 0.15) is 0 Å². The van der Waals surface area contributed by atoms with E-state index in [0.717, 1.165) is 11.1 Å². The SMILES string of the molecule is COc1ccc(S(=O)(=O)N2CCN(C[C@@H](OCc3cccc(C)c3)c3ccc(Cl)cc3)CC2)cc1OC. The molecule has 198 valence electrons. The summed E-state index contributed by atoms with van der Waals surface area (Å²) in [5.74, 6) is 0.879. The van der Waals surface area contributed by atoms with Crippen LogP contribution in [0.5, 0.6) is 11.5 Å². The lowest BCUT2D eigenvalue weighted by Gasteiger charge is -2.36. The second-order valence-electron chi connectivity index (χ2n) is 9.06. The molecule has 1 aliphatic heterocycles. The molecular formula is C28H33ClN2O5S. The van der Waals surface area contributed by atoms with Crippen LogP contribution in [0.1, 0.15) is 22.8 Å². The van der Waals surface area contributed by atoms with E-state index in [9.17, 15) is 8.42 Å². The Kier molecular flexibility index (Phi) is 9.10. The van der Waals surface area contributed by atoms with Crippen molar-refractivity contribution in [1.29, 1.82) is 0 Å². The third-order valence-corrected chi connectivity index (χ3v) is 8.67. The standard InChI is InChI=1S/C28H33ClN2O5S/c1-21-5-4-6-22(17-21)20-36-28(23-7-9-24(29)10-8-23)19-30-13-15-31(16-14-30)37(32,33)25-11-12-26(34-2)27(18-25)35-3/h4-12,17-18,28H,13-16,19-20H2,1-3H3/t28-/m1/s1. The Labute approximate surface area is 224 Å². The van der Waals surface area contributed by atoms with Crippen molar-refractivity contribution in [3.05, 3.63) is 88.4 Å². The minimum absolute atomic E-state index is 0.174. The molecule has 9 heteroatoms. The van der Waals surface area contributed by atoms with Crippen LogP contribution in [-0.4, -0.2) is 64.6 Å². The molecule has 4 rings (SSSR count). The number of aryl methyl sites for hydroxylation is 1. The van der Waals surface area contributed by atoms with Crippen LogP contribution in [-0.2, 0) is 21.4 Å². The summed E-state index contributed by atoms with van der Waals surface area (Å²) in [6, 6.07) is 20.7.